The van der Waals surface area contributed by atoms with Gasteiger partial charge < -0.3 is 0 Å². The van der Waals surface area contributed by atoms with Crippen molar-refractivity contribution in [2.45, 2.75) is 37.2 Å². The summed E-state index contributed by atoms with van der Waals surface area (Å²) in [4.78, 5) is 0. The number of nitrogens with zero attached hydrogens (tertiary/aromatic N) is 1. The molecule has 0 N–H and O–H groups in total. The molecule has 0 aromatic carbocycles. The molecule has 3 nitrogen and oxygen atoms in total. The van der Waals surface area contributed by atoms with Gasteiger partial charge in [-0.15, -0.1) is 0 Å². The predicted octanol–water partition coefficient (Wildman–Crippen LogP) is 1.55. The van der Waals surface area contributed by atoms with Gasteiger partial charge in [0.1, 0.15) is 0 Å². The van der Waals surface area contributed by atoms with Gasteiger partial charge in [0.2, 0.25) is 10.0 Å². The molecule has 84 valence electrons. The van der Waals surface area contributed by atoms with Crippen molar-refractivity contribution in [3.63, 3.8) is 0 Å². The molecule has 0 atom stereocenters. The summed E-state index contributed by atoms with van der Waals surface area (Å²) < 4.78 is 24.1. The van der Waals surface area contributed by atoms with Crippen molar-refractivity contribution in [1.82, 2.24) is 4.31 Å². The third-order valence-electron chi connectivity index (χ3n) is 2.33. The summed E-state index contributed by atoms with van der Waals surface area (Å²) in [6, 6.07) is 0. The summed E-state index contributed by atoms with van der Waals surface area (Å²) in [6.45, 7) is 5.77. The molecule has 0 aromatic rings. The van der Waals surface area contributed by atoms with Gasteiger partial charge in [0.25, 0.3) is 0 Å². The Morgan fingerprint density at radius 3 is 2.14 bits per heavy atom. The lowest BCUT2D eigenvalue weighted by molar-refractivity contribution is 0.355. The smallest absolute Gasteiger partial charge is 0.211 e. The zero-order valence-corrected chi connectivity index (χ0v) is 10.7. The largest absolute Gasteiger partial charge is 0.213 e. The van der Waals surface area contributed by atoms with Crippen molar-refractivity contribution >= 4 is 21.8 Å². The minimum Gasteiger partial charge on any atom is -0.213 e. The van der Waals surface area contributed by atoms with E-state index in [9.17, 15) is 8.42 Å². The first kappa shape index (κ1) is 12.3. The third-order valence-corrected chi connectivity index (χ3v) is 5.04. The Hall–Kier alpha value is 0.260. The van der Waals surface area contributed by atoms with Crippen LogP contribution in [-0.2, 0) is 10.0 Å². The van der Waals surface area contributed by atoms with Crippen LogP contribution in [0.25, 0.3) is 0 Å². The molecule has 1 aliphatic rings. The number of sulfonamides is 1. The third kappa shape index (κ3) is 3.79. The lowest BCUT2D eigenvalue weighted by atomic mass is 10.2. The van der Waals surface area contributed by atoms with Gasteiger partial charge >= 0.3 is 0 Å². The van der Waals surface area contributed by atoms with Gasteiger partial charge in [0.05, 0.1) is 6.26 Å². The number of rotatable bonds is 3. The van der Waals surface area contributed by atoms with Crippen LogP contribution in [0.3, 0.4) is 0 Å². The average Bonchev–Trinajstić information content (AvgIpc) is 2.02. The first-order valence-corrected chi connectivity index (χ1v) is 7.79. The molecule has 0 unspecified atom stereocenters. The fraction of sp³-hybridized carbons (Fsp3) is 1.00. The number of thioether (sulfide) groups is 1. The monoisotopic (exact) mass is 237 g/mol. The molecule has 0 bridgehead atoms. The van der Waals surface area contributed by atoms with E-state index in [4.69, 9.17) is 0 Å². The zero-order chi connectivity index (χ0) is 10.8. The van der Waals surface area contributed by atoms with E-state index >= 15 is 0 Å². The standard InChI is InChI=1S/C9H19NO2S2/c1-8(2)13-9-4-6-10(7-5-9)14(3,11)12/h8-9H,4-7H2,1-3H3. The Labute approximate surface area is 91.3 Å². The van der Waals surface area contributed by atoms with E-state index in [1.54, 1.807) is 4.31 Å². The van der Waals surface area contributed by atoms with Crippen LogP contribution in [0.5, 0.6) is 0 Å². The fourth-order valence-electron chi connectivity index (χ4n) is 1.68. The van der Waals surface area contributed by atoms with Crippen LogP contribution in [0, 0.1) is 0 Å². The molecule has 0 radical (unpaired) electrons. The second-order valence-electron chi connectivity index (χ2n) is 4.05. The molecule has 14 heavy (non-hydrogen) atoms. The second-order valence-corrected chi connectivity index (χ2v) is 7.91. The molecular formula is C9H19NO2S2. The number of hydrogen-bond acceptors (Lipinski definition) is 3. The molecule has 1 fully saturated rings. The van der Waals surface area contributed by atoms with Gasteiger partial charge in [-0.1, -0.05) is 13.8 Å². The van der Waals surface area contributed by atoms with E-state index in [1.807, 2.05) is 11.8 Å². The molecule has 5 heteroatoms. The van der Waals surface area contributed by atoms with Crippen LogP contribution in [0.1, 0.15) is 26.7 Å². The van der Waals surface area contributed by atoms with E-state index in [-0.39, 0.29) is 0 Å². The van der Waals surface area contributed by atoms with Crippen molar-refractivity contribution in [2.75, 3.05) is 19.3 Å². The Morgan fingerprint density at radius 1 is 1.29 bits per heavy atom. The maximum absolute atomic E-state index is 11.2. The summed E-state index contributed by atoms with van der Waals surface area (Å²) in [7, 11) is -2.95. The van der Waals surface area contributed by atoms with Crippen LogP contribution in [0.4, 0.5) is 0 Å². The molecule has 1 saturated heterocycles. The maximum Gasteiger partial charge on any atom is 0.211 e. The lowest BCUT2D eigenvalue weighted by Gasteiger charge is -2.30. The van der Waals surface area contributed by atoms with Crippen LogP contribution in [0.15, 0.2) is 0 Å². The highest BCUT2D eigenvalue weighted by Gasteiger charge is 2.25. The summed E-state index contributed by atoms with van der Waals surface area (Å²) in [5.41, 5.74) is 0. The normalized spacial score (nSPS) is 21.7. The van der Waals surface area contributed by atoms with Gasteiger partial charge in [-0.3, -0.25) is 0 Å². The molecule has 0 spiro atoms. The summed E-state index contributed by atoms with van der Waals surface area (Å²) in [5.74, 6) is 0. The summed E-state index contributed by atoms with van der Waals surface area (Å²) in [6.07, 6.45) is 3.29. The molecule has 0 amide bonds. The molecule has 0 aromatic heterocycles. The zero-order valence-electron chi connectivity index (χ0n) is 9.06. The number of hydrogen-bond donors (Lipinski definition) is 0. The second kappa shape index (κ2) is 4.86. The predicted molar refractivity (Wildman–Crippen MR) is 62.2 cm³/mol. The van der Waals surface area contributed by atoms with Crippen LogP contribution in [-0.4, -0.2) is 42.6 Å². The van der Waals surface area contributed by atoms with E-state index < -0.39 is 10.0 Å². The molecule has 0 aliphatic carbocycles. The lowest BCUT2D eigenvalue weighted by Crippen LogP contribution is -2.38. The van der Waals surface area contributed by atoms with Crippen LogP contribution in [0.2, 0.25) is 0 Å². The Bertz CT molecular complexity index is 267. The average molecular weight is 237 g/mol. The van der Waals surface area contributed by atoms with E-state index in [0.717, 1.165) is 12.8 Å². The first-order valence-electron chi connectivity index (χ1n) is 5.00. The Morgan fingerprint density at radius 2 is 1.79 bits per heavy atom. The van der Waals surface area contributed by atoms with Gasteiger partial charge in [0, 0.05) is 18.3 Å². The van der Waals surface area contributed by atoms with Crippen molar-refractivity contribution in [3.8, 4) is 0 Å². The van der Waals surface area contributed by atoms with Crippen molar-refractivity contribution in [1.29, 1.82) is 0 Å². The van der Waals surface area contributed by atoms with Crippen molar-refractivity contribution < 1.29 is 8.42 Å². The fourth-order valence-corrected chi connectivity index (χ4v) is 3.81. The molecule has 0 saturated carbocycles. The van der Waals surface area contributed by atoms with Gasteiger partial charge in [0.15, 0.2) is 0 Å². The van der Waals surface area contributed by atoms with E-state index in [0.29, 0.717) is 23.6 Å². The minimum absolute atomic E-state index is 0.643. The van der Waals surface area contributed by atoms with E-state index in [1.165, 1.54) is 6.26 Å². The number of piperidine rings is 1. The summed E-state index contributed by atoms with van der Waals surface area (Å²) >= 11 is 1.97. The molecular weight excluding hydrogens is 218 g/mol. The molecule has 1 rings (SSSR count). The maximum atomic E-state index is 11.2. The highest BCUT2D eigenvalue weighted by Crippen LogP contribution is 2.27. The Balaban J connectivity index is 2.39. The van der Waals surface area contributed by atoms with Crippen LogP contribution < -0.4 is 0 Å². The topological polar surface area (TPSA) is 37.4 Å². The van der Waals surface area contributed by atoms with Gasteiger partial charge in [-0.05, 0) is 18.1 Å². The Kier molecular flexibility index (Phi) is 4.28. The highest BCUT2D eigenvalue weighted by molar-refractivity contribution is 8.00. The van der Waals surface area contributed by atoms with Gasteiger partial charge in [-0.25, -0.2) is 12.7 Å². The van der Waals surface area contributed by atoms with Crippen LogP contribution >= 0.6 is 11.8 Å². The summed E-state index contributed by atoms with van der Waals surface area (Å²) in [5, 5.41) is 1.29. The van der Waals surface area contributed by atoms with Crippen molar-refractivity contribution in [3.05, 3.63) is 0 Å². The highest BCUT2D eigenvalue weighted by atomic mass is 32.2. The minimum atomic E-state index is -2.95. The first-order chi connectivity index (χ1) is 6.39. The van der Waals surface area contributed by atoms with Crippen molar-refractivity contribution in [2.24, 2.45) is 0 Å². The molecule has 1 aliphatic heterocycles. The molecule has 1 heterocycles. The quantitative estimate of drug-likeness (QED) is 0.747. The van der Waals surface area contributed by atoms with E-state index in [2.05, 4.69) is 13.8 Å². The van der Waals surface area contributed by atoms with Gasteiger partial charge in [-0.2, -0.15) is 11.8 Å². The SMILES string of the molecule is CC(C)SC1CCN(S(C)(=O)=O)CC1.